The molecule has 1 aliphatic heterocycles. The molecule has 138 valence electrons. The lowest BCUT2D eigenvalue weighted by Gasteiger charge is -2.33. The molecule has 4 rings (SSSR count). The van der Waals surface area contributed by atoms with Gasteiger partial charge in [0.05, 0.1) is 6.42 Å². The molecule has 2 aromatic heterocycles. The van der Waals surface area contributed by atoms with E-state index in [-0.39, 0.29) is 11.9 Å². The van der Waals surface area contributed by atoms with Gasteiger partial charge in [-0.25, -0.2) is 0 Å². The Bertz CT molecular complexity index is 905. The third-order valence-corrected chi connectivity index (χ3v) is 4.95. The lowest BCUT2D eigenvalue weighted by atomic mass is 10.0. The van der Waals surface area contributed by atoms with Gasteiger partial charge in [-0.15, -0.1) is 10.2 Å². The Morgan fingerprint density at radius 2 is 1.89 bits per heavy atom. The number of amides is 1. The van der Waals surface area contributed by atoms with Gasteiger partial charge < -0.3 is 9.32 Å². The van der Waals surface area contributed by atoms with Crippen LogP contribution in [0.25, 0.3) is 11.5 Å². The average Bonchev–Trinajstić information content (AvgIpc) is 3.20. The number of pyridine rings is 1. The number of nitrogens with zero attached hydrogens (tertiary/aromatic N) is 4. The van der Waals surface area contributed by atoms with Gasteiger partial charge >= 0.3 is 0 Å². The molecule has 1 atom stereocenters. The molecule has 6 nitrogen and oxygen atoms in total. The van der Waals surface area contributed by atoms with Crippen LogP contribution in [0.3, 0.4) is 0 Å². The van der Waals surface area contributed by atoms with E-state index < -0.39 is 0 Å². The summed E-state index contributed by atoms with van der Waals surface area (Å²) in [5.74, 6) is 1.08. The monoisotopic (exact) mass is 362 g/mol. The van der Waals surface area contributed by atoms with Crippen LogP contribution in [0.5, 0.6) is 0 Å². The standard InChI is InChI=1S/C21H22N4O2/c1-15-5-7-16(8-6-15)14-19(26)25-13-3-2-4-18(25)21-24-23-20(27-21)17-9-11-22-12-10-17/h5-12,18H,2-4,13-14H2,1H3/t18-/m0/s1. The number of benzene rings is 1. The number of rotatable bonds is 4. The summed E-state index contributed by atoms with van der Waals surface area (Å²) in [7, 11) is 0. The van der Waals surface area contributed by atoms with E-state index in [0.717, 1.165) is 36.9 Å². The van der Waals surface area contributed by atoms with Crippen LogP contribution in [0.1, 0.15) is 42.3 Å². The maximum absolute atomic E-state index is 12.9. The zero-order valence-electron chi connectivity index (χ0n) is 15.3. The van der Waals surface area contributed by atoms with Crippen molar-refractivity contribution in [3.8, 4) is 11.5 Å². The van der Waals surface area contributed by atoms with E-state index in [0.29, 0.717) is 18.2 Å². The molecule has 1 aromatic carbocycles. The van der Waals surface area contributed by atoms with Crippen LogP contribution in [0.4, 0.5) is 0 Å². The molecule has 3 heterocycles. The van der Waals surface area contributed by atoms with Crippen molar-refractivity contribution in [3.05, 3.63) is 65.8 Å². The second-order valence-electron chi connectivity index (χ2n) is 6.94. The van der Waals surface area contributed by atoms with Crippen LogP contribution >= 0.6 is 0 Å². The summed E-state index contributed by atoms with van der Waals surface area (Å²) in [5, 5.41) is 8.40. The van der Waals surface area contributed by atoms with Crippen molar-refractivity contribution in [2.75, 3.05) is 6.54 Å². The molecule has 1 aliphatic rings. The Morgan fingerprint density at radius 1 is 1.11 bits per heavy atom. The lowest BCUT2D eigenvalue weighted by molar-refractivity contribution is -0.134. The Labute approximate surface area is 158 Å². The smallest absolute Gasteiger partial charge is 0.247 e. The Hall–Kier alpha value is -3.02. The second-order valence-corrected chi connectivity index (χ2v) is 6.94. The first-order valence-electron chi connectivity index (χ1n) is 9.29. The van der Waals surface area contributed by atoms with E-state index in [1.165, 1.54) is 5.56 Å². The van der Waals surface area contributed by atoms with Crippen LogP contribution in [-0.2, 0) is 11.2 Å². The van der Waals surface area contributed by atoms with Crippen molar-refractivity contribution < 1.29 is 9.21 Å². The topological polar surface area (TPSA) is 72.1 Å². The minimum atomic E-state index is -0.153. The summed E-state index contributed by atoms with van der Waals surface area (Å²) in [6, 6.07) is 11.6. The van der Waals surface area contributed by atoms with E-state index in [2.05, 4.69) is 15.2 Å². The zero-order valence-corrected chi connectivity index (χ0v) is 15.3. The molecular weight excluding hydrogens is 340 g/mol. The fourth-order valence-electron chi connectivity index (χ4n) is 3.45. The average molecular weight is 362 g/mol. The van der Waals surface area contributed by atoms with E-state index >= 15 is 0 Å². The van der Waals surface area contributed by atoms with Crippen molar-refractivity contribution in [3.63, 3.8) is 0 Å². The van der Waals surface area contributed by atoms with Crippen LogP contribution in [0, 0.1) is 6.92 Å². The first kappa shape index (κ1) is 17.4. The summed E-state index contributed by atoms with van der Waals surface area (Å²) in [6.45, 7) is 2.77. The quantitative estimate of drug-likeness (QED) is 0.707. The van der Waals surface area contributed by atoms with Crippen LogP contribution < -0.4 is 0 Å². The van der Waals surface area contributed by atoms with Crippen LogP contribution in [0.2, 0.25) is 0 Å². The van der Waals surface area contributed by atoms with E-state index in [9.17, 15) is 4.79 Å². The lowest BCUT2D eigenvalue weighted by Crippen LogP contribution is -2.39. The van der Waals surface area contributed by atoms with Crippen LogP contribution in [0.15, 0.2) is 53.2 Å². The summed E-state index contributed by atoms with van der Waals surface area (Å²) in [5.41, 5.74) is 3.05. The maximum atomic E-state index is 12.9. The Morgan fingerprint density at radius 3 is 2.67 bits per heavy atom. The molecule has 1 amide bonds. The van der Waals surface area contributed by atoms with Crippen molar-refractivity contribution in [2.45, 2.75) is 38.6 Å². The summed E-state index contributed by atoms with van der Waals surface area (Å²) < 4.78 is 5.91. The van der Waals surface area contributed by atoms with E-state index in [1.54, 1.807) is 12.4 Å². The van der Waals surface area contributed by atoms with Crippen molar-refractivity contribution in [1.82, 2.24) is 20.1 Å². The predicted octanol–water partition coefficient (Wildman–Crippen LogP) is 3.74. The fourth-order valence-corrected chi connectivity index (χ4v) is 3.45. The van der Waals surface area contributed by atoms with Gasteiger partial charge in [0.1, 0.15) is 6.04 Å². The number of likely N-dealkylation sites (tertiary alicyclic amines) is 1. The van der Waals surface area contributed by atoms with Crippen molar-refractivity contribution >= 4 is 5.91 Å². The first-order chi connectivity index (χ1) is 13.2. The van der Waals surface area contributed by atoms with Gasteiger partial charge in [0.2, 0.25) is 17.7 Å². The van der Waals surface area contributed by atoms with Crippen molar-refractivity contribution in [2.24, 2.45) is 0 Å². The summed E-state index contributed by atoms with van der Waals surface area (Å²) >= 11 is 0. The number of hydrogen-bond acceptors (Lipinski definition) is 5. The van der Waals surface area contributed by atoms with Gasteiger partial charge in [0.15, 0.2) is 0 Å². The number of hydrogen-bond donors (Lipinski definition) is 0. The second kappa shape index (κ2) is 7.70. The largest absolute Gasteiger partial charge is 0.418 e. The molecule has 0 aliphatic carbocycles. The van der Waals surface area contributed by atoms with Crippen LogP contribution in [-0.4, -0.2) is 32.5 Å². The minimum Gasteiger partial charge on any atom is -0.418 e. The third kappa shape index (κ3) is 3.89. The molecule has 0 bridgehead atoms. The molecule has 0 unspecified atom stereocenters. The SMILES string of the molecule is Cc1ccc(CC(=O)N2CCCC[C@H]2c2nnc(-c3ccncc3)o2)cc1. The maximum Gasteiger partial charge on any atom is 0.247 e. The highest BCUT2D eigenvalue weighted by Gasteiger charge is 2.32. The fraction of sp³-hybridized carbons (Fsp3) is 0.333. The minimum absolute atomic E-state index is 0.104. The number of carbonyl (C=O) groups is 1. The van der Waals surface area contributed by atoms with Gasteiger partial charge in [-0.3, -0.25) is 9.78 Å². The molecule has 0 saturated carbocycles. The van der Waals surface area contributed by atoms with Gasteiger partial charge in [-0.1, -0.05) is 29.8 Å². The molecular formula is C21H22N4O2. The molecule has 3 aromatic rings. The molecule has 0 radical (unpaired) electrons. The first-order valence-corrected chi connectivity index (χ1v) is 9.29. The highest BCUT2D eigenvalue weighted by molar-refractivity contribution is 5.79. The van der Waals surface area contributed by atoms with Gasteiger partial charge in [0.25, 0.3) is 0 Å². The number of aryl methyl sites for hydroxylation is 1. The summed E-state index contributed by atoms with van der Waals surface area (Å²) in [6.07, 6.45) is 6.67. The highest BCUT2D eigenvalue weighted by atomic mass is 16.4. The Kier molecular flexibility index (Phi) is 4.96. The zero-order chi connectivity index (χ0) is 18.6. The number of aromatic nitrogens is 3. The molecule has 27 heavy (non-hydrogen) atoms. The Balaban J connectivity index is 1.53. The molecule has 0 spiro atoms. The molecule has 1 fully saturated rings. The van der Waals surface area contributed by atoms with Gasteiger partial charge in [-0.2, -0.15) is 0 Å². The molecule has 0 N–H and O–H groups in total. The van der Waals surface area contributed by atoms with Crippen molar-refractivity contribution in [1.29, 1.82) is 0 Å². The van der Waals surface area contributed by atoms with Gasteiger partial charge in [0, 0.05) is 24.5 Å². The predicted molar refractivity (Wildman–Crippen MR) is 101 cm³/mol. The normalized spacial score (nSPS) is 17.1. The third-order valence-electron chi connectivity index (χ3n) is 4.95. The highest BCUT2D eigenvalue weighted by Crippen LogP contribution is 2.32. The van der Waals surface area contributed by atoms with E-state index in [1.807, 2.05) is 48.2 Å². The van der Waals surface area contributed by atoms with Gasteiger partial charge in [-0.05, 0) is 43.9 Å². The molecule has 6 heteroatoms. The summed E-state index contributed by atoms with van der Waals surface area (Å²) in [4.78, 5) is 18.8. The molecule has 1 saturated heterocycles. The number of carbonyl (C=O) groups excluding carboxylic acids is 1. The van der Waals surface area contributed by atoms with E-state index in [4.69, 9.17) is 4.42 Å². The number of piperidine rings is 1.